The van der Waals surface area contributed by atoms with Crippen molar-refractivity contribution in [1.29, 1.82) is 0 Å². The van der Waals surface area contributed by atoms with E-state index in [0.29, 0.717) is 61.8 Å². The molecule has 2 aliphatic heterocycles. The maximum Gasteiger partial charge on any atom is 0.416 e. The number of ether oxygens (including phenoxy) is 3. The summed E-state index contributed by atoms with van der Waals surface area (Å²) in [6.45, 7) is 5.11. The Morgan fingerprint density at radius 2 is 1.81 bits per heavy atom. The van der Waals surface area contributed by atoms with Gasteiger partial charge in [-0.3, -0.25) is 9.59 Å². The number of methoxy groups -OCH3 is 1. The molecule has 0 radical (unpaired) electrons. The molecule has 0 saturated carbocycles. The van der Waals surface area contributed by atoms with Crippen LogP contribution < -0.4 is 19.3 Å². The molecule has 3 amide bonds. The van der Waals surface area contributed by atoms with E-state index in [1.165, 1.54) is 17.9 Å². The average molecular weight is 774 g/mol. The van der Waals surface area contributed by atoms with E-state index in [0.717, 1.165) is 40.5 Å². The fourth-order valence-corrected chi connectivity index (χ4v) is 7.36. The minimum Gasteiger partial charge on any atom is -0.507 e. The van der Waals surface area contributed by atoms with Gasteiger partial charge in [0.25, 0.3) is 5.91 Å². The van der Waals surface area contributed by atoms with Gasteiger partial charge in [-0.05, 0) is 49.6 Å². The number of hydrogen-bond donors (Lipinski definition) is 3. The van der Waals surface area contributed by atoms with Crippen molar-refractivity contribution >= 4 is 74.1 Å². The molecule has 3 unspecified atom stereocenters. The molecule has 5 rings (SSSR count). The summed E-state index contributed by atoms with van der Waals surface area (Å²) in [5.74, 6) is 0.753. The van der Waals surface area contributed by atoms with Crippen LogP contribution in [0, 0.1) is 0 Å². The number of hydrogen-bond acceptors (Lipinski definition) is 10. The maximum absolute atomic E-state index is 13.8. The number of alkyl halides is 1. The molecule has 282 valence electrons. The van der Waals surface area contributed by atoms with Gasteiger partial charge in [0.2, 0.25) is 5.91 Å². The first kappa shape index (κ1) is 39.7. The van der Waals surface area contributed by atoms with Gasteiger partial charge in [0.1, 0.15) is 12.4 Å². The third kappa shape index (κ3) is 8.81. The molecule has 0 saturated heterocycles. The minimum absolute atomic E-state index is 0.0238. The summed E-state index contributed by atoms with van der Waals surface area (Å²) in [7, 11) is 2.72. The molecule has 11 nitrogen and oxygen atoms in total. The molecule has 0 bridgehead atoms. The number of unbranched alkanes of at least 4 members (excludes halogenated alkanes) is 4. The lowest BCUT2D eigenvalue weighted by atomic mass is 9.95. The van der Waals surface area contributed by atoms with Crippen LogP contribution in [0.15, 0.2) is 42.5 Å². The number of halogens is 1. The van der Waals surface area contributed by atoms with E-state index in [1.807, 2.05) is 31.2 Å². The third-order valence-electron chi connectivity index (χ3n) is 9.52. The molecule has 14 heteroatoms. The molecular weight excluding hydrogens is 726 g/mol. The topological polar surface area (TPSA) is 129 Å². The molecule has 0 aliphatic carbocycles. The van der Waals surface area contributed by atoms with Crippen molar-refractivity contribution in [2.24, 2.45) is 0 Å². The first-order valence-corrected chi connectivity index (χ1v) is 20.3. The predicted molar refractivity (Wildman–Crippen MR) is 210 cm³/mol. The van der Waals surface area contributed by atoms with Crippen LogP contribution in [-0.4, -0.2) is 90.3 Å². The number of benzene rings is 3. The van der Waals surface area contributed by atoms with Crippen molar-refractivity contribution in [3.05, 3.63) is 53.6 Å². The molecule has 3 aromatic rings. The zero-order chi connectivity index (χ0) is 37.4. The summed E-state index contributed by atoms with van der Waals surface area (Å²) in [5.41, 5.74) is 2.08. The van der Waals surface area contributed by atoms with Crippen LogP contribution >= 0.6 is 34.1 Å². The number of aliphatic hydroxyl groups excluding tert-OH is 1. The summed E-state index contributed by atoms with van der Waals surface area (Å²) in [6, 6.07) is 12.4. The maximum atomic E-state index is 13.8. The Bertz CT molecular complexity index is 1750. The van der Waals surface area contributed by atoms with Crippen molar-refractivity contribution < 1.29 is 38.8 Å². The molecule has 2 N–H and O–H groups in total. The molecule has 3 aromatic carbocycles. The van der Waals surface area contributed by atoms with Crippen molar-refractivity contribution in [3.63, 3.8) is 0 Å². The summed E-state index contributed by atoms with van der Waals surface area (Å²) >= 11 is 10.5. The number of carbonyl (C=O) groups is 3. The van der Waals surface area contributed by atoms with Gasteiger partial charge in [0.15, 0.2) is 17.7 Å². The summed E-state index contributed by atoms with van der Waals surface area (Å²) < 4.78 is 17.3. The molecular formula is C38H48ClN3O8S2. The second-order valence-corrected chi connectivity index (χ2v) is 15.2. The van der Waals surface area contributed by atoms with Gasteiger partial charge in [0, 0.05) is 54.1 Å². The smallest absolute Gasteiger partial charge is 0.416 e. The second-order valence-electron chi connectivity index (χ2n) is 13.2. The molecule has 3 atom stereocenters. The Balaban J connectivity index is 1.25. The Labute approximate surface area is 319 Å². The van der Waals surface area contributed by atoms with Crippen molar-refractivity contribution in [3.8, 4) is 17.2 Å². The van der Waals surface area contributed by atoms with Gasteiger partial charge >= 0.3 is 6.09 Å². The Kier molecular flexibility index (Phi) is 14.1. The van der Waals surface area contributed by atoms with E-state index >= 15 is 0 Å². The number of thiol groups is 1. The average Bonchev–Trinajstić information content (AvgIpc) is 3.49. The SMILES string of the molecule is CCCCCN1CC(O)N(C(=O)OCC(C)SS)c2cc(OCCCCCC(=O)N3CC(CCl)c4c3cc(O)c3ccccc43)c(OC)cc2C1=O. The largest absolute Gasteiger partial charge is 0.507 e. The Hall–Kier alpha value is -3.52. The summed E-state index contributed by atoms with van der Waals surface area (Å²) in [4.78, 5) is 45.0. The number of anilines is 2. The number of aliphatic hydroxyl groups is 1. The zero-order valence-corrected chi connectivity index (χ0v) is 32.4. The molecule has 2 aliphatic rings. The van der Waals surface area contributed by atoms with Crippen LogP contribution in [0.4, 0.5) is 16.2 Å². The number of amides is 3. The number of phenolic OH excluding ortho intramolecular Hbond substituents is 1. The highest BCUT2D eigenvalue weighted by molar-refractivity contribution is 8.68. The van der Waals surface area contributed by atoms with E-state index in [-0.39, 0.29) is 59.7 Å². The molecule has 0 fully saturated rings. The fraction of sp³-hybridized carbons (Fsp3) is 0.500. The quantitative estimate of drug-likeness (QED) is 0.0580. The monoisotopic (exact) mass is 773 g/mol. The highest BCUT2D eigenvalue weighted by atomic mass is 35.5. The van der Waals surface area contributed by atoms with Crippen molar-refractivity contribution in [2.45, 2.75) is 76.2 Å². The highest BCUT2D eigenvalue weighted by Gasteiger charge is 2.38. The summed E-state index contributed by atoms with van der Waals surface area (Å²) in [5, 5.41) is 23.5. The van der Waals surface area contributed by atoms with Crippen LogP contribution in [0.1, 0.15) is 80.6 Å². The van der Waals surface area contributed by atoms with Gasteiger partial charge in [-0.25, -0.2) is 9.69 Å². The second kappa shape index (κ2) is 18.5. The van der Waals surface area contributed by atoms with E-state index in [4.69, 9.17) is 25.8 Å². The van der Waals surface area contributed by atoms with Crippen LogP contribution in [0.3, 0.4) is 0 Å². The predicted octanol–water partition coefficient (Wildman–Crippen LogP) is 7.74. The zero-order valence-electron chi connectivity index (χ0n) is 29.9. The van der Waals surface area contributed by atoms with E-state index < -0.39 is 12.3 Å². The third-order valence-corrected chi connectivity index (χ3v) is 11.5. The van der Waals surface area contributed by atoms with Gasteiger partial charge in [-0.2, -0.15) is 0 Å². The normalized spacial score (nSPS) is 17.5. The Morgan fingerprint density at radius 1 is 1.04 bits per heavy atom. The van der Waals surface area contributed by atoms with Gasteiger partial charge in [0.05, 0.1) is 37.2 Å². The Morgan fingerprint density at radius 3 is 2.52 bits per heavy atom. The minimum atomic E-state index is -1.35. The van der Waals surface area contributed by atoms with Crippen molar-refractivity contribution in [1.82, 2.24) is 4.90 Å². The number of carbonyl (C=O) groups excluding carboxylic acids is 3. The molecule has 2 heterocycles. The number of β-amino-alcohol motifs (C(OH)–C–C–N with tert-alkyl or cyclic N) is 1. The summed E-state index contributed by atoms with van der Waals surface area (Å²) in [6.07, 6.45) is 2.79. The number of fused-ring (bicyclic) bond motifs is 4. The molecule has 52 heavy (non-hydrogen) atoms. The fourth-order valence-electron chi connectivity index (χ4n) is 6.80. The van der Waals surface area contributed by atoms with Crippen LogP contribution in [-0.2, 0) is 9.53 Å². The van der Waals surface area contributed by atoms with Gasteiger partial charge in [-0.15, -0.1) is 23.3 Å². The standard InChI is InChI=1S/C38H48ClN3O8S2/c1-4-5-10-15-40-22-35(45)42(38(47)50-23-24(2)52-51)29-19-33(32(48-3)17-28(29)37(40)46)49-16-11-6-7-14-34(44)41-21-25(20-39)36-27-13-9-8-12-26(27)31(43)18-30(36)41/h8-9,12-13,17-19,24-25,35,43,45,51H,4-7,10-11,14-16,20-23H2,1-3H3. The van der Waals surface area contributed by atoms with Crippen LogP contribution in [0.2, 0.25) is 0 Å². The van der Waals surface area contributed by atoms with Gasteiger partial charge < -0.3 is 34.2 Å². The number of nitrogens with zero attached hydrogens (tertiary/aromatic N) is 3. The van der Waals surface area contributed by atoms with Gasteiger partial charge in [-0.1, -0.05) is 54.8 Å². The first-order chi connectivity index (χ1) is 25.1. The number of aromatic hydroxyl groups is 1. The lowest BCUT2D eigenvalue weighted by molar-refractivity contribution is -0.118. The first-order valence-electron chi connectivity index (χ1n) is 17.8. The van der Waals surface area contributed by atoms with Crippen LogP contribution in [0.25, 0.3) is 10.8 Å². The van der Waals surface area contributed by atoms with E-state index in [9.17, 15) is 24.6 Å². The van der Waals surface area contributed by atoms with Crippen molar-refractivity contribution in [2.75, 3.05) is 55.6 Å². The van der Waals surface area contributed by atoms with E-state index in [1.54, 1.807) is 28.0 Å². The lowest BCUT2D eigenvalue weighted by Crippen LogP contribution is -2.46. The molecule has 0 spiro atoms. The van der Waals surface area contributed by atoms with E-state index in [2.05, 4.69) is 18.6 Å². The highest BCUT2D eigenvalue weighted by Crippen LogP contribution is 2.45. The van der Waals surface area contributed by atoms with Crippen LogP contribution in [0.5, 0.6) is 17.2 Å². The number of phenols is 1. The molecule has 0 aromatic heterocycles. The number of rotatable bonds is 16. The lowest BCUT2D eigenvalue weighted by Gasteiger charge is -2.28.